The highest BCUT2D eigenvalue weighted by Crippen LogP contribution is 2.20. The standard InChI is InChI=1S/C16H13ClFIN4O2/c1-9(10-2-3-12(17)13(18)6-10)20-15(24)8-23-16(25)22-5-4-11(19)7-14(22)21-23/h2-7,9H,8H2,1H3,(H,20,24)/t9-/m0/s1. The third-order valence-corrected chi connectivity index (χ3v) is 4.64. The molecule has 2 aromatic heterocycles. The molecule has 6 nitrogen and oxygen atoms in total. The van der Waals surface area contributed by atoms with Crippen LogP contribution < -0.4 is 11.0 Å². The highest BCUT2D eigenvalue weighted by atomic mass is 127. The van der Waals surface area contributed by atoms with Crippen molar-refractivity contribution in [3.63, 3.8) is 0 Å². The average molecular weight is 475 g/mol. The van der Waals surface area contributed by atoms with Crippen molar-refractivity contribution >= 4 is 45.7 Å². The summed E-state index contributed by atoms with van der Waals surface area (Å²) in [4.78, 5) is 24.4. The van der Waals surface area contributed by atoms with Gasteiger partial charge in [-0.3, -0.25) is 9.20 Å². The Hall–Kier alpha value is -1.94. The number of nitrogens with one attached hydrogen (secondary N) is 1. The van der Waals surface area contributed by atoms with Gasteiger partial charge in [0.2, 0.25) is 5.91 Å². The molecule has 0 radical (unpaired) electrons. The Kier molecular flexibility index (Phi) is 5.09. The topological polar surface area (TPSA) is 68.4 Å². The molecule has 3 rings (SSSR count). The molecule has 25 heavy (non-hydrogen) atoms. The van der Waals surface area contributed by atoms with Crippen molar-refractivity contribution in [3.8, 4) is 0 Å². The fourth-order valence-electron chi connectivity index (χ4n) is 2.38. The van der Waals surface area contributed by atoms with Gasteiger partial charge in [-0.05, 0) is 59.3 Å². The molecule has 0 bridgehead atoms. The minimum atomic E-state index is -0.550. The molecule has 9 heteroatoms. The number of rotatable bonds is 4. The zero-order valence-electron chi connectivity index (χ0n) is 13.0. The first-order chi connectivity index (χ1) is 11.8. The lowest BCUT2D eigenvalue weighted by molar-refractivity contribution is -0.122. The number of hydrogen-bond donors (Lipinski definition) is 1. The summed E-state index contributed by atoms with van der Waals surface area (Å²) in [6.07, 6.45) is 1.61. The Morgan fingerprint density at radius 3 is 2.88 bits per heavy atom. The number of carbonyl (C=O) groups is 1. The minimum absolute atomic E-state index is 0.0214. The van der Waals surface area contributed by atoms with E-state index in [1.54, 1.807) is 31.3 Å². The third kappa shape index (κ3) is 3.84. The lowest BCUT2D eigenvalue weighted by Gasteiger charge is -2.14. The molecule has 2 heterocycles. The number of fused-ring (bicyclic) bond motifs is 1. The van der Waals surface area contributed by atoms with E-state index in [1.165, 1.54) is 16.5 Å². The van der Waals surface area contributed by atoms with E-state index in [0.717, 1.165) is 8.25 Å². The van der Waals surface area contributed by atoms with Gasteiger partial charge in [0.15, 0.2) is 5.65 Å². The first-order valence-electron chi connectivity index (χ1n) is 7.34. The summed E-state index contributed by atoms with van der Waals surface area (Å²) in [5, 5.41) is 6.88. The Balaban J connectivity index is 1.75. The van der Waals surface area contributed by atoms with Crippen LogP contribution in [0.4, 0.5) is 4.39 Å². The van der Waals surface area contributed by atoms with E-state index >= 15 is 0 Å². The second kappa shape index (κ2) is 7.12. The van der Waals surface area contributed by atoms with E-state index in [-0.39, 0.29) is 11.6 Å². The van der Waals surface area contributed by atoms with E-state index in [2.05, 4.69) is 33.0 Å². The number of carbonyl (C=O) groups excluding carboxylic acids is 1. The molecule has 0 fully saturated rings. The Morgan fingerprint density at radius 1 is 1.40 bits per heavy atom. The van der Waals surface area contributed by atoms with E-state index < -0.39 is 23.5 Å². The van der Waals surface area contributed by atoms with Crippen molar-refractivity contribution in [1.29, 1.82) is 0 Å². The molecule has 0 saturated heterocycles. The van der Waals surface area contributed by atoms with Crippen LogP contribution in [0.25, 0.3) is 5.65 Å². The molecular weight excluding hydrogens is 462 g/mol. The second-order valence-corrected chi connectivity index (χ2v) is 7.13. The largest absolute Gasteiger partial charge is 0.350 e. The smallest absolute Gasteiger partial charge is 0.348 e. The zero-order chi connectivity index (χ0) is 18.1. The number of nitrogens with zero attached hydrogens (tertiary/aromatic N) is 3. The molecule has 1 aromatic carbocycles. The molecular formula is C16H13ClFIN4O2. The summed E-state index contributed by atoms with van der Waals surface area (Å²) in [5.41, 5.74) is 0.649. The van der Waals surface area contributed by atoms with Crippen molar-refractivity contribution in [1.82, 2.24) is 19.5 Å². The van der Waals surface area contributed by atoms with Gasteiger partial charge in [-0.1, -0.05) is 17.7 Å². The van der Waals surface area contributed by atoms with Gasteiger partial charge in [-0.25, -0.2) is 13.9 Å². The van der Waals surface area contributed by atoms with Crippen LogP contribution in [0, 0.1) is 9.39 Å². The van der Waals surface area contributed by atoms with Crippen LogP contribution in [0.5, 0.6) is 0 Å². The fraction of sp³-hybridized carbons (Fsp3) is 0.188. The number of halogens is 3. The summed E-state index contributed by atoms with van der Waals surface area (Å²) >= 11 is 7.77. The molecule has 1 atom stereocenters. The van der Waals surface area contributed by atoms with Crippen LogP contribution in [0.15, 0.2) is 41.3 Å². The molecule has 0 aliphatic heterocycles. The number of aromatic nitrogens is 3. The highest BCUT2D eigenvalue weighted by Gasteiger charge is 2.15. The minimum Gasteiger partial charge on any atom is -0.348 e. The summed E-state index contributed by atoms with van der Waals surface area (Å²) in [6, 6.07) is 7.42. The van der Waals surface area contributed by atoms with Gasteiger partial charge in [0.25, 0.3) is 0 Å². The van der Waals surface area contributed by atoms with Crippen molar-refractivity contribution < 1.29 is 9.18 Å². The lowest BCUT2D eigenvalue weighted by atomic mass is 10.1. The van der Waals surface area contributed by atoms with Crippen molar-refractivity contribution in [2.24, 2.45) is 0 Å². The summed E-state index contributed by atoms with van der Waals surface area (Å²) in [6.45, 7) is 1.49. The van der Waals surface area contributed by atoms with Crippen LogP contribution in [-0.4, -0.2) is 20.1 Å². The Morgan fingerprint density at radius 2 is 2.16 bits per heavy atom. The predicted octanol–water partition coefficient (Wildman–Crippen LogP) is 2.77. The molecule has 1 N–H and O–H groups in total. The van der Waals surface area contributed by atoms with Gasteiger partial charge >= 0.3 is 5.69 Å². The third-order valence-electron chi connectivity index (χ3n) is 3.66. The summed E-state index contributed by atoms with van der Waals surface area (Å²) in [7, 11) is 0. The lowest BCUT2D eigenvalue weighted by Crippen LogP contribution is -2.34. The van der Waals surface area contributed by atoms with Crippen LogP contribution in [-0.2, 0) is 11.3 Å². The Bertz CT molecular complexity index is 1020. The molecule has 0 unspecified atom stereocenters. The van der Waals surface area contributed by atoms with Crippen LogP contribution in [0.1, 0.15) is 18.5 Å². The van der Waals surface area contributed by atoms with E-state index in [4.69, 9.17) is 11.6 Å². The molecule has 130 valence electrons. The number of pyridine rings is 1. The van der Waals surface area contributed by atoms with Crippen molar-refractivity contribution in [3.05, 3.63) is 67.0 Å². The zero-order valence-corrected chi connectivity index (χ0v) is 16.0. The molecule has 0 aliphatic rings. The van der Waals surface area contributed by atoms with Gasteiger partial charge in [-0.2, -0.15) is 0 Å². The molecule has 0 spiro atoms. The van der Waals surface area contributed by atoms with E-state index in [9.17, 15) is 14.0 Å². The second-order valence-electron chi connectivity index (χ2n) is 5.48. The maximum atomic E-state index is 13.5. The van der Waals surface area contributed by atoms with Gasteiger partial charge in [-0.15, -0.1) is 5.10 Å². The van der Waals surface area contributed by atoms with Gasteiger partial charge in [0.1, 0.15) is 12.4 Å². The fourth-order valence-corrected chi connectivity index (χ4v) is 2.94. The van der Waals surface area contributed by atoms with Crippen LogP contribution in [0.2, 0.25) is 5.02 Å². The maximum absolute atomic E-state index is 13.5. The summed E-state index contributed by atoms with van der Waals surface area (Å²) in [5.74, 6) is -0.950. The number of amides is 1. The van der Waals surface area contributed by atoms with Crippen LogP contribution >= 0.6 is 34.2 Å². The number of hydrogen-bond acceptors (Lipinski definition) is 3. The Labute approximate surface area is 160 Å². The van der Waals surface area contributed by atoms with Gasteiger partial charge in [0, 0.05) is 9.77 Å². The first kappa shape index (κ1) is 17.9. The molecule has 3 aromatic rings. The monoisotopic (exact) mass is 474 g/mol. The van der Waals surface area contributed by atoms with Crippen LogP contribution in [0.3, 0.4) is 0 Å². The highest BCUT2D eigenvalue weighted by molar-refractivity contribution is 14.1. The number of benzene rings is 1. The van der Waals surface area contributed by atoms with Crippen molar-refractivity contribution in [2.45, 2.75) is 19.5 Å². The van der Waals surface area contributed by atoms with E-state index in [1.807, 2.05) is 0 Å². The SMILES string of the molecule is C[C@H](NC(=O)Cn1nc2cc(I)ccn2c1=O)c1ccc(Cl)c(F)c1. The summed E-state index contributed by atoms with van der Waals surface area (Å²) < 4.78 is 16.9. The normalized spacial score (nSPS) is 12.3. The van der Waals surface area contributed by atoms with Crippen molar-refractivity contribution in [2.75, 3.05) is 0 Å². The molecule has 0 aliphatic carbocycles. The van der Waals surface area contributed by atoms with E-state index in [0.29, 0.717) is 11.2 Å². The predicted molar refractivity (Wildman–Crippen MR) is 100 cm³/mol. The van der Waals surface area contributed by atoms with Gasteiger partial charge in [0.05, 0.1) is 11.1 Å². The quantitative estimate of drug-likeness (QED) is 0.592. The maximum Gasteiger partial charge on any atom is 0.350 e. The van der Waals surface area contributed by atoms with Gasteiger partial charge < -0.3 is 5.32 Å². The molecule has 0 saturated carbocycles. The average Bonchev–Trinajstić information content (AvgIpc) is 2.85. The first-order valence-corrected chi connectivity index (χ1v) is 8.80. The molecule has 1 amide bonds.